The molecule has 2 N–H and O–H groups in total. The zero-order valence-electron chi connectivity index (χ0n) is 10.6. The number of carbonyl (C=O) groups is 1. The molecule has 1 aliphatic heterocycles. The van der Waals surface area contributed by atoms with E-state index < -0.39 is 0 Å². The van der Waals surface area contributed by atoms with E-state index in [1.54, 1.807) is 0 Å². The minimum atomic E-state index is 0.0692. The summed E-state index contributed by atoms with van der Waals surface area (Å²) >= 11 is 0. The first-order valence-electron chi connectivity index (χ1n) is 6.41. The molecule has 1 saturated heterocycles. The first kappa shape index (κ1) is 12.8. The van der Waals surface area contributed by atoms with Crippen molar-refractivity contribution in [2.24, 2.45) is 11.7 Å². The molecule has 0 unspecified atom stereocenters. The average molecular weight is 244 g/mol. The fourth-order valence-corrected chi connectivity index (χ4v) is 2.58. The van der Waals surface area contributed by atoms with Crippen molar-refractivity contribution in [2.45, 2.75) is 25.4 Å². The SMILES string of the molecule is C=CC[C@@H]1C[C@@H](CN)N(Cc2ccccc2)C1=O. The van der Waals surface area contributed by atoms with Crippen LogP contribution in [0.5, 0.6) is 0 Å². The molecular weight excluding hydrogens is 224 g/mol. The third-order valence-corrected chi connectivity index (χ3v) is 3.55. The molecule has 0 saturated carbocycles. The Labute approximate surface area is 108 Å². The molecule has 1 aromatic rings. The number of carbonyl (C=O) groups excluding carboxylic acids is 1. The Morgan fingerprint density at radius 2 is 2.11 bits per heavy atom. The standard InChI is InChI=1S/C15H20N2O/c1-2-6-13-9-14(10-16)17(15(13)18)11-12-7-4-3-5-8-12/h2-5,7-8,13-14H,1,6,9-11,16H2/t13-,14+/m1/s1. The predicted molar refractivity (Wildman–Crippen MR) is 72.8 cm³/mol. The summed E-state index contributed by atoms with van der Waals surface area (Å²) in [5.74, 6) is 0.286. The van der Waals surface area contributed by atoms with Crippen LogP contribution in [0.2, 0.25) is 0 Å². The van der Waals surface area contributed by atoms with Crippen LogP contribution in [0.25, 0.3) is 0 Å². The summed E-state index contributed by atoms with van der Waals surface area (Å²) in [6, 6.07) is 10.2. The molecule has 1 amide bonds. The predicted octanol–water partition coefficient (Wildman–Crippen LogP) is 1.94. The topological polar surface area (TPSA) is 46.3 Å². The number of allylic oxidation sites excluding steroid dienone is 1. The second-order valence-electron chi connectivity index (χ2n) is 4.80. The van der Waals surface area contributed by atoms with Gasteiger partial charge in [-0.1, -0.05) is 36.4 Å². The number of hydrogen-bond acceptors (Lipinski definition) is 2. The third kappa shape index (κ3) is 2.62. The van der Waals surface area contributed by atoms with E-state index in [1.807, 2.05) is 41.3 Å². The summed E-state index contributed by atoms with van der Waals surface area (Å²) in [6.07, 6.45) is 3.43. The number of likely N-dealkylation sites (tertiary alicyclic amines) is 1. The quantitative estimate of drug-likeness (QED) is 0.805. The number of hydrogen-bond donors (Lipinski definition) is 1. The van der Waals surface area contributed by atoms with Crippen LogP contribution in [0, 0.1) is 5.92 Å². The highest BCUT2D eigenvalue weighted by molar-refractivity contribution is 5.81. The van der Waals surface area contributed by atoms with Crippen molar-refractivity contribution in [1.82, 2.24) is 4.90 Å². The number of benzene rings is 1. The van der Waals surface area contributed by atoms with E-state index in [4.69, 9.17) is 5.73 Å². The van der Waals surface area contributed by atoms with Gasteiger partial charge < -0.3 is 10.6 Å². The molecule has 3 heteroatoms. The Balaban J connectivity index is 2.10. The summed E-state index contributed by atoms with van der Waals surface area (Å²) < 4.78 is 0. The van der Waals surface area contributed by atoms with Gasteiger partial charge in [0.05, 0.1) is 0 Å². The van der Waals surface area contributed by atoms with Crippen LogP contribution in [-0.4, -0.2) is 23.4 Å². The van der Waals surface area contributed by atoms with Crippen LogP contribution in [0.3, 0.4) is 0 Å². The van der Waals surface area contributed by atoms with Crippen LogP contribution in [-0.2, 0) is 11.3 Å². The van der Waals surface area contributed by atoms with Crippen LogP contribution in [0.15, 0.2) is 43.0 Å². The third-order valence-electron chi connectivity index (χ3n) is 3.55. The van der Waals surface area contributed by atoms with E-state index in [0.29, 0.717) is 13.1 Å². The van der Waals surface area contributed by atoms with Crippen LogP contribution >= 0.6 is 0 Å². The van der Waals surface area contributed by atoms with E-state index in [1.165, 1.54) is 0 Å². The normalized spacial score (nSPS) is 23.4. The van der Waals surface area contributed by atoms with Crippen molar-refractivity contribution in [3.63, 3.8) is 0 Å². The van der Waals surface area contributed by atoms with E-state index in [9.17, 15) is 4.79 Å². The van der Waals surface area contributed by atoms with Crippen molar-refractivity contribution in [2.75, 3.05) is 6.54 Å². The lowest BCUT2D eigenvalue weighted by Crippen LogP contribution is -2.37. The van der Waals surface area contributed by atoms with Crippen LogP contribution < -0.4 is 5.73 Å². The fraction of sp³-hybridized carbons (Fsp3) is 0.400. The summed E-state index contributed by atoms with van der Waals surface area (Å²) in [5.41, 5.74) is 6.93. The molecule has 2 rings (SSSR count). The largest absolute Gasteiger partial charge is 0.334 e. The Kier molecular flexibility index (Phi) is 4.15. The van der Waals surface area contributed by atoms with E-state index in [-0.39, 0.29) is 17.9 Å². The van der Waals surface area contributed by atoms with E-state index in [0.717, 1.165) is 18.4 Å². The number of nitrogens with zero attached hydrogens (tertiary/aromatic N) is 1. The van der Waals surface area contributed by atoms with Gasteiger partial charge in [-0.3, -0.25) is 4.79 Å². The number of rotatable bonds is 5. The lowest BCUT2D eigenvalue weighted by molar-refractivity contribution is -0.132. The molecule has 0 aliphatic carbocycles. The highest BCUT2D eigenvalue weighted by Gasteiger charge is 2.37. The summed E-state index contributed by atoms with van der Waals surface area (Å²) in [5, 5.41) is 0. The Morgan fingerprint density at radius 1 is 1.39 bits per heavy atom. The minimum absolute atomic E-state index is 0.0692. The molecule has 2 atom stereocenters. The van der Waals surface area contributed by atoms with Gasteiger partial charge in [0.1, 0.15) is 0 Å². The molecule has 3 nitrogen and oxygen atoms in total. The molecule has 1 fully saturated rings. The second kappa shape index (κ2) is 5.83. The van der Waals surface area contributed by atoms with Gasteiger partial charge in [0, 0.05) is 25.0 Å². The van der Waals surface area contributed by atoms with Crippen LogP contribution in [0.4, 0.5) is 0 Å². The number of nitrogens with two attached hydrogens (primary N) is 1. The maximum atomic E-state index is 12.3. The van der Waals surface area contributed by atoms with Gasteiger partial charge in [0.2, 0.25) is 5.91 Å². The van der Waals surface area contributed by atoms with Crippen molar-refractivity contribution >= 4 is 5.91 Å². The van der Waals surface area contributed by atoms with E-state index >= 15 is 0 Å². The average Bonchev–Trinajstić information content (AvgIpc) is 2.69. The molecule has 0 aromatic heterocycles. The molecule has 0 radical (unpaired) electrons. The van der Waals surface area contributed by atoms with Gasteiger partial charge in [-0.2, -0.15) is 0 Å². The Bertz CT molecular complexity index is 416. The van der Waals surface area contributed by atoms with Crippen molar-refractivity contribution in [1.29, 1.82) is 0 Å². The molecule has 96 valence electrons. The maximum absolute atomic E-state index is 12.3. The summed E-state index contributed by atoms with van der Waals surface area (Å²) in [4.78, 5) is 14.2. The zero-order chi connectivity index (χ0) is 13.0. The van der Waals surface area contributed by atoms with Gasteiger partial charge in [-0.25, -0.2) is 0 Å². The minimum Gasteiger partial charge on any atom is -0.334 e. The lowest BCUT2D eigenvalue weighted by atomic mass is 10.0. The van der Waals surface area contributed by atoms with Gasteiger partial charge in [0.25, 0.3) is 0 Å². The summed E-state index contributed by atoms with van der Waals surface area (Å²) in [6.45, 7) is 4.91. The fourth-order valence-electron chi connectivity index (χ4n) is 2.58. The number of amides is 1. The molecule has 0 bridgehead atoms. The molecule has 1 heterocycles. The first-order valence-corrected chi connectivity index (χ1v) is 6.41. The van der Waals surface area contributed by atoms with Gasteiger partial charge >= 0.3 is 0 Å². The molecular formula is C15H20N2O. The summed E-state index contributed by atoms with van der Waals surface area (Å²) in [7, 11) is 0. The van der Waals surface area contributed by atoms with Crippen molar-refractivity contribution in [3.05, 3.63) is 48.6 Å². The zero-order valence-corrected chi connectivity index (χ0v) is 10.6. The van der Waals surface area contributed by atoms with E-state index in [2.05, 4.69) is 6.58 Å². The van der Waals surface area contributed by atoms with Crippen molar-refractivity contribution < 1.29 is 4.79 Å². The Morgan fingerprint density at radius 3 is 2.72 bits per heavy atom. The Hall–Kier alpha value is -1.61. The second-order valence-corrected chi connectivity index (χ2v) is 4.80. The molecule has 0 spiro atoms. The van der Waals surface area contributed by atoms with Gasteiger partial charge in [-0.15, -0.1) is 6.58 Å². The van der Waals surface area contributed by atoms with Gasteiger partial charge in [-0.05, 0) is 18.4 Å². The molecule has 18 heavy (non-hydrogen) atoms. The van der Waals surface area contributed by atoms with Gasteiger partial charge in [0.15, 0.2) is 0 Å². The lowest BCUT2D eigenvalue weighted by Gasteiger charge is -2.23. The smallest absolute Gasteiger partial charge is 0.226 e. The first-order chi connectivity index (χ1) is 8.76. The van der Waals surface area contributed by atoms with Crippen molar-refractivity contribution in [3.8, 4) is 0 Å². The highest BCUT2D eigenvalue weighted by Crippen LogP contribution is 2.28. The monoisotopic (exact) mass is 244 g/mol. The van der Waals surface area contributed by atoms with Crippen LogP contribution in [0.1, 0.15) is 18.4 Å². The molecule has 1 aromatic carbocycles. The highest BCUT2D eigenvalue weighted by atomic mass is 16.2. The molecule has 1 aliphatic rings. The maximum Gasteiger partial charge on any atom is 0.226 e.